The highest BCUT2D eigenvalue weighted by Gasteiger charge is 2.13. The van der Waals surface area contributed by atoms with E-state index < -0.39 is 15.9 Å². The van der Waals surface area contributed by atoms with Gasteiger partial charge in [0.15, 0.2) is 9.84 Å². The van der Waals surface area contributed by atoms with Gasteiger partial charge in [0.2, 0.25) is 0 Å². The Kier molecular flexibility index (Phi) is 6.29. The molecule has 0 radical (unpaired) electrons. The fourth-order valence-electron chi connectivity index (χ4n) is 1.80. The monoisotopic (exact) mass is 302 g/mol. The van der Waals surface area contributed by atoms with Crippen LogP contribution in [-0.4, -0.2) is 38.7 Å². The van der Waals surface area contributed by atoms with E-state index >= 15 is 0 Å². The SMILES string of the molecule is CCCS(=O)(=O)CCOc1cc(OC)ccc1[C@@H](C)O. The number of methoxy groups -OCH3 is 1. The number of benzene rings is 1. The molecule has 0 fully saturated rings. The molecule has 114 valence electrons. The highest BCUT2D eigenvalue weighted by molar-refractivity contribution is 7.91. The minimum absolute atomic E-state index is 0.0305. The Morgan fingerprint density at radius 3 is 2.55 bits per heavy atom. The predicted molar refractivity (Wildman–Crippen MR) is 78.1 cm³/mol. The van der Waals surface area contributed by atoms with E-state index in [0.717, 1.165) is 0 Å². The van der Waals surface area contributed by atoms with Crippen LogP contribution in [0.1, 0.15) is 31.9 Å². The topological polar surface area (TPSA) is 72.8 Å². The second-order valence-electron chi connectivity index (χ2n) is 4.58. The van der Waals surface area contributed by atoms with Crippen LogP contribution in [0.15, 0.2) is 18.2 Å². The van der Waals surface area contributed by atoms with Crippen molar-refractivity contribution in [1.82, 2.24) is 0 Å². The zero-order chi connectivity index (χ0) is 15.2. The zero-order valence-electron chi connectivity index (χ0n) is 12.1. The fourth-order valence-corrected chi connectivity index (χ4v) is 2.97. The average molecular weight is 302 g/mol. The Bertz CT molecular complexity index is 522. The van der Waals surface area contributed by atoms with E-state index in [0.29, 0.717) is 23.5 Å². The second-order valence-corrected chi connectivity index (χ2v) is 6.88. The molecule has 0 spiro atoms. The molecule has 6 heteroatoms. The van der Waals surface area contributed by atoms with Gasteiger partial charge in [-0.2, -0.15) is 0 Å². The van der Waals surface area contributed by atoms with Crippen molar-refractivity contribution in [3.05, 3.63) is 23.8 Å². The van der Waals surface area contributed by atoms with Crippen molar-refractivity contribution in [2.75, 3.05) is 25.2 Å². The first-order chi connectivity index (χ1) is 9.39. The lowest BCUT2D eigenvalue weighted by molar-refractivity contribution is 0.192. The van der Waals surface area contributed by atoms with E-state index in [4.69, 9.17) is 9.47 Å². The summed E-state index contributed by atoms with van der Waals surface area (Å²) in [7, 11) is -1.53. The Balaban J connectivity index is 2.76. The molecule has 0 saturated carbocycles. The number of aliphatic hydroxyl groups is 1. The summed E-state index contributed by atoms with van der Waals surface area (Å²) in [5.41, 5.74) is 0.610. The lowest BCUT2D eigenvalue weighted by atomic mass is 10.1. The summed E-state index contributed by atoms with van der Waals surface area (Å²) in [6, 6.07) is 5.08. The van der Waals surface area contributed by atoms with Crippen LogP contribution in [0.25, 0.3) is 0 Å². The van der Waals surface area contributed by atoms with E-state index in [-0.39, 0.29) is 18.1 Å². The van der Waals surface area contributed by atoms with Gasteiger partial charge in [-0.1, -0.05) is 6.92 Å². The molecule has 20 heavy (non-hydrogen) atoms. The van der Waals surface area contributed by atoms with Gasteiger partial charge in [-0.25, -0.2) is 8.42 Å². The van der Waals surface area contributed by atoms with Crippen molar-refractivity contribution in [2.24, 2.45) is 0 Å². The minimum atomic E-state index is -3.07. The van der Waals surface area contributed by atoms with Gasteiger partial charge in [0.1, 0.15) is 18.1 Å². The maximum Gasteiger partial charge on any atom is 0.153 e. The second kappa shape index (κ2) is 7.50. The lowest BCUT2D eigenvalue weighted by Gasteiger charge is -2.14. The number of hydrogen-bond donors (Lipinski definition) is 1. The third-order valence-electron chi connectivity index (χ3n) is 2.84. The maximum atomic E-state index is 11.6. The smallest absolute Gasteiger partial charge is 0.153 e. The van der Waals surface area contributed by atoms with E-state index in [9.17, 15) is 13.5 Å². The van der Waals surface area contributed by atoms with Crippen molar-refractivity contribution in [2.45, 2.75) is 26.4 Å². The summed E-state index contributed by atoms with van der Waals surface area (Å²) in [6.45, 7) is 3.52. The van der Waals surface area contributed by atoms with Crippen molar-refractivity contribution >= 4 is 9.84 Å². The molecule has 1 aromatic carbocycles. The average Bonchev–Trinajstić information content (AvgIpc) is 2.37. The predicted octanol–water partition coefficient (Wildman–Crippen LogP) is 1.95. The molecule has 0 aliphatic heterocycles. The van der Waals surface area contributed by atoms with Gasteiger partial charge in [0.25, 0.3) is 0 Å². The normalized spacial score (nSPS) is 13.0. The first kappa shape index (κ1) is 16.8. The number of ether oxygens (including phenoxy) is 2. The summed E-state index contributed by atoms with van der Waals surface area (Å²) < 4.78 is 33.8. The highest BCUT2D eigenvalue weighted by Crippen LogP contribution is 2.29. The fraction of sp³-hybridized carbons (Fsp3) is 0.571. The Morgan fingerprint density at radius 2 is 2.00 bits per heavy atom. The third kappa shape index (κ3) is 5.02. The van der Waals surface area contributed by atoms with Gasteiger partial charge in [-0.3, -0.25) is 0 Å². The molecule has 0 aliphatic rings. The van der Waals surface area contributed by atoms with Crippen LogP contribution in [0.4, 0.5) is 0 Å². The Morgan fingerprint density at radius 1 is 1.30 bits per heavy atom. The van der Waals surface area contributed by atoms with Crippen LogP contribution in [-0.2, 0) is 9.84 Å². The van der Waals surface area contributed by atoms with E-state index in [1.807, 2.05) is 6.92 Å². The molecule has 0 aliphatic carbocycles. The standard InChI is InChI=1S/C14H22O5S/c1-4-8-20(16,17)9-7-19-14-10-12(18-3)5-6-13(14)11(2)15/h5-6,10-11,15H,4,7-9H2,1-3H3/t11-/m1/s1. The molecule has 0 aromatic heterocycles. The highest BCUT2D eigenvalue weighted by atomic mass is 32.2. The Hall–Kier alpha value is -1.27. The number of sulfone groups is 1. The summed E-state index contributed by atoms with van der Waals surface area (Å²) in [5, 5.41) is 9.67. The molecule has 0 saturated heterocycles. The summed E-state index contributed by atoms with van der Waals surface area (Å²) in [5.74, 6) is 1.18. The van der Waals surface area contributed by atoms with Crippen molar-refractivity contribution in [3.8, 4) is 11.5 Å². The summed E-state index contributed by atoms with van der Waals surface area (Å²) in [4.78, 5) is 0. The van der Waals surface area contributed by atoms with Gasteiger partial charge < -0.3 is 14.6 Å². The molecule has 0 amide bonds. The largest absolute Gasteiger partial charge is 0.497 e. The van der Waals surface area contributed by atoms with E-state index in [2.05, 4.69) is 0 Å². The van der Waals surface area contributed by atoms with Crippen LogP contribution in [0.3, 0.4) is 0 Å². The van der Waals surface area contributed by atoms with E-state index in [1.165, 1.54) is 7.11 Å². The van der Waals surface area contributed by atoms with Crippen LogP contribution >= 0.6 is 0 Å². The van der Waals surface area contributed by atoms with Crippen molar-refractivity contribution in [3.63, 3.8) is 0 Å². The maximum absolute atomic E-state index is 11.6. The molecular weight excluding hydrogens is 280 g/mol. The summed E-state index contributed by atoms with van der Waals surface area (Å²) in [6.07, 6.45) is -0.0939. The molecule has 5 nitrogen and oxygen atoms in total. The van der Waals surface area contributed by atoms with Gasteiger partial charge >= 0.3 is 0 Å². The number of aliphatic hydroxyl groups excluding tert-OH is 1. The third-order valence-corrected chi connectivity index (χ3v) is 4.66. The number of hydrogen-bond acceptors (Lipinski definition) is 5. The van der Waals surface area contributed by atoms with Crippen LogP contribution in [0.5, 0.6) is 11.5 Å². The summed E-state index contributed by atoms with van der Waals surface area (Å²) >= 11 is 0. The molecule has 1 rings (SSSR count). The molecule has 0 unspecified atom stereocenters. The Labute approximate surface area is 120 Å². The molecule has 0 bridgehead atoms. The first-order valence-electron chi connectivity index (χ1n) is 6.59. The van der Waals surface area contributed by atoms with Crippen LogP contribution in [0, 0.1) is 0 Å². The minimum Gasteiger partial charge on any atom is -0.497 e. The van der Waals surface area contributed by atoms with E-state index in [1.54, 1.807) is 25.1 Å². The molecule has 1 N–H and O–H groups in total. The van der Waals surface area contributed by atoms with Gasteiger partial charge in [0, 0.05) is 11.6 Å². The van der Waals surface area contributed by atoms with Crippen molar-refractivity contribution < 1.29 is 23.0 Å². The number of rotatable bonds is 8. The van der Waals surface area contributed by atoms with Crippen LogP contribution in [0.2, 0.25) is 0 Å². The molecular formula is C14H22O5S. The first-order valence-corrected chi connectivity index (χ1v) is 8.41. The quantitative estimate of drug-likeness (QED) is 0.794. The lowest BCUT2D eigenvalue weighted by Crippen LogP contribution is -2.17. The van der Waals surface area contributed by atoms with Crippen molar-refractivity contribution in [1.29, 1.82) is 0 Å². The molecule has 1 aromatic rings. The van der Waals surface area contributed by atoms with Crippen LogP contribution < -0.4 is 9.47 Å². The zero-order valence-corrected chi connectivity index (χ0v) is 12.9. The van der Waals surface area contributed by atoms with Gasteiger partial charge in [0.05, 0.1) is 24.7 Å². The van der Waals surface area contributed by atoms with Gasteiger partial charge in [-0.15, -0.1) is 0 Å². The van der Waals surface area contributed by atoms with Gasteiger partial charge in [-0.05, 0) is 25.5 Å². The molecule has 1 atom stereocenters. The molecule has 0 heterocycles.